The van der Waals surface area contributed by atoms with Gasteiger partial charge in [0.2, 0.25) is 8.32 Å². The molecule has 0 N–H and O–H groups in total. The number of hydrogen-bond donors (Lipinski definition) is 0. The number of aldehydes is 1. The summed E-state index contributed by atoms with van der Waals surface area (Å²) in [6, 6.07) is 5.68. The second-order valence-corrected chi connectivity index (χ2v) is 10.8. The van der Waals surface area contributed by atoms with E-state index in [-0.39, 0.29) is 5.04 Å². The van der Waals surface area contributed by atoms with Crippen LogP contribution in [0.5, 0.6) is 5.75 Å². The van der Waals surface area contributed by atoms with Gasteiger partial charge in [-0.05, 0) is 48.8 Å². The third kappa shape index (κ3) is 3.43. The highest BCUT2D eigenvalue weighted by Crippen LogP contribution is 2.37. The average molecular weight is 250 g/mol. The van der Waals surface area contributed by atoms with Crippen molar-refractivity contribution in [1.29, 1.82) is 0 Å². The minimum Gasteiger partial charge on any atom is -0.543 e. The van der Waals surface area contributed by atoms with Crippen LogP contribution in [0.4, 0.5) is 0 Å². The van der Waals surface area contributed by atoms with Gasteiger partial charge in [-0.2, -0.15) is 0 Å². The van der Waals surface area contributed by atoms with E-state index in [4.69, 9.17) is 4.43 Å². The lowest BCUT2D eigenvalue weighted by Gasteiger charge is -2.36. The van der Waals surface area contributed by atoms with Gasteiger partial charge in [0.05, 0.1) is 0 Å². The molecule has 0 fully saturated rings. The third-order valence-electron chi connectivity index (χ3n) is 3.39. The highest BCUT2D eigenvalue weighted by molar-refractivity contribution is 6.74. The standard InChI is InChI=1S/C14H22O2Si/c1-11-7-12(10-15)9-13(8-11)16-17(5,6)14(2,3)4/h7-10H,1-6H3. The normalized spacial score (nSPS) is 12.4. The van der Waals surface area contributed by atoms with Crippen molar-refractivity contribution in [2.45, 2.75) is 45.8 Å². The topological polar surface area (TPSA) is 26.3 Å². The van der Waals surface area contributed by atoms with Crippen LogP contribution in [0, 0.1) is 6.92 Å². The first-order valence-corrected chi connectivity index (χ1v) is 8.82. The summed E-state index contributed by atoms with van der Waals surface area (Å²) in [5, 5.41) is 0.165. The molecule has 1 aromatic rings. The van der Waals surface area contributed by atoms with E-state index >= 15 is 0 Å². The molecule has 0 saturated carbocycles. The number of hydrogen-bond acceptors (Lipinski definition) is 2. The maximum atomic E-state index is 10.8. The van der Waals surface area contributed by atoms with Crippen LogP contribution in [-0.2, 0) is 0 Å². The van der Waals surface area contributed by atoms with E-state index < -0.39 is 8.32 Å². The van der Waals surface area contributed by atoms with E-state index in [1.807, 2.05) is 25.1 Å². The van der Waals surface area contributed by atoms with Gasteiger partial charge in [-0.3, -0.25) is 4.79 Å². The third-order valence-corrected chi connectivity index (χ3v) is 7.75. The fourth-order valence-corrected chi connectivity index (χ4v) is 2.36. The zero-order chi connectivity index (χ0) is 13.3. The van der Waals surface area contributed by atoms with Gasteiger partial charge in [0.25, 0.3) is 0 Å². The second kappa shape index (κ2) is 4.65. The smallest absolute Gasteiger partial charge is 0.250 e. The van der Waals surface area contributed by atoms with Crippen molar-refractivity contribution in [3.63, 3.8) is 0 Å². The molecule has 0 aromatic heterocycles. The molecular weight excluding hydrogens is 228 g/mol. The molecule has 0 amide bonds. The quantitative estimate of drug-likeness (QED) is 0.594. The molecule has 0 radical (unpaired) electrons. The fourth-order valence-electron chi connectivity index (χ4n) is 1.35. The van der Waals surface area contributed by atoms with Gasteiger partial charge in [0, 0.05) is 5.56 Å². The zero-order valence-corrected chi connectivity index (χ0v) is 12.6. The molecule has 1 rings (SSSR count). The van der Waals surface area contributed by atoms with Crippen molar-refractivity contribution in [2.24, 2.45) is 0 Å². The molecule has 0 aliphatic heterocycles. The van der Waals surface area contributed by atoms with Gasteiger partial charge >= 0.3 is 0 Å². The SMILES string of the molecule is Cc1cc(C=O)cc(O[Si](C)(C)C(C)(C)C)c1. The molecule has 0 aliphatic rings. The van der Waals surface area contributed by atoms with Crippen LogP contribution in [0.3, 0.4) is 0 Å². The van der Waals surface area contributed by atoms with Crippen LogP contribution in [0.1, 0.15) is 36.7 Å². The molecule has 0 aliphatic carbocycles. The van der Waals surface area contributed by atoms with Crippen LogP contribution in [0.25, 0.3) is 0 Å². The van der Waals surface area contributed by atoms with E-state index in [0.29, 0.717) is 5.56 Å². The van der Waals surface area contributed by atoms with Gasteiger partial charge in [-0.15, -0.1) is 0 Å². The summed E-state index contributed by atoms with van der Waals surface area (Å²) in [7, 11) is -1.82. The predicted octanol–water partition coefficient (Wildman–Crippen LogP) is 4.19. The van der Waals surface area contributed by atoms with E-state index in [1.54, 1.807) is 0 Å². The van der Waals surface area contributed by atoms with E-state index in [2.05, 4.69) is 33.9 Å². The molecule has 0 spiro atoms. The number of carbonyl (C=O) groups excluding carboxylic acids is 1. The Hall–Kier alpha value is -1.09. The average Bonchev–Trinajstić information content (AvgIpc) is 2.14. The molecule has 0 unspecified atom stereocenters. The van der Waals surface area contributed by atoms with Crippen molar-refractivity contribution in [2.75, 3.05) is 0 Å². The van der Waals surface area contributed by atoms with Gasteiger partial charge in [-0.1, -0.05) is 20.8 Å². The summed E-state index contributed by atoms with van der Waals surface area (Å²) in [5.41, 5.74) is 1.74. The first-order valence-electron chi connectivity index (χ1n) is 5.91. The summed E-state index contributed by atoms with van der Waals surface area (Å²) in [6.45, 7) is 13.0. The van der Waals surface area contributed by atoms with Crippen molar-refractivity contribution in [1.82, 2.24) is 0 Å². The molecule has 94 valence electrons. The highest BCUT2D eigenvalue weighted by Gasteiger charge is 2.38. The van der Waals surface area contributed by atoms with Crippen LogP contribution in [0.2, 0.25) is 18.1 Å². The minimum absolute atomic E-state index is 0.165. The Balaban J connectivity index is 3.03. The molecular formula is C14H22O2Si. The molecule has 3 heteroatoms. The second-order valence-electron chi connectivity index (χ2n) is 6.06. The summed E-state index contributed by atoms with van der Waals surface area (Å²) in [6.07, 6.45) is 0.867. The van der Waals surface area contributed by atoms with Crippen LogP contribution in [0.15, 0.2) is 18.2 Å². The van der Waals surface area contributed by atoms with Gasteiger partial charge < -0.3 is 4.43 Å². The van der Waals surface area contributed by atoms with Gasteiger partial charge in [0.15, 0.2) is 0 Å². The number of aryl methyl sites for hydroxylation is 1. The maximum absolute atomic E-state index is 10.8. The van der Waals surface area contributed by atoms with Gasteiger partial charge in [-0.25, -0.2) is 0 Å². The van der Waals surface area contributed by atoms with E-state index in [0.717, 1.165) is 17.6 Å². The van der Waals surface area contributed by atoms with E-state index in [9.17, 15) is 4.79 Å². The lowest BCUT2D eigenvalue weighted by atomic mass is 10.1. The Morgan fingerprint density at radius 1 is 1.18 bits per heavy atom. The summed E-state index contributed by atoms with van der Waals surface area (Å²) < 4.78 is 6.17. The first-order chi connectivity index (χ1) is 7.65. The molecule has 0 heterocycles. The number of benzene rings is 1. The zero-order valence-electron chi connectivity index (χ0n) is 11.6. The summed E-state index contributed by atoms with van der Waals surface area (Å²) in [5.74, 6) is 0.818. The Morgan fingerprint density at radius 3 is 2.24 bits per heavy atom. The Morgan fingerprint density at radius 2 is 1.76 bits per heavy atom. The number of rotatable bonds is 3. The summed E-state index contributed by atoms with van der Waals surface area (Å²) >= 11 is 0. The molecule has 0 saturated heterocycles. The molecule has 0 atom stereocenters. The Kier molecular flexibility index (Phi) is 3.82. The molecule has 1 aromatic carbocycles. The predicted molar refractivity (Wildman–Crippen MR) is 74.4 cm³/mol. The molecule has 2 nitrogen and oxygen atoms in total. The van der Waals surface area contributed by atoms with E-state index in [1.165, 1.54) is 0 Å². The number of carbonyl (C=O) groups is 1. The molecule has 17 heavy (non-hydrogen) atoms. The van der Waals surface area contributed by atoms with Crippen molar-refractivity contribution in [3.05, 3.63) is 29.3 Å². The lowest BCUT2D eigenvalue weighted by Crippen LogP contribution is -2.43. The first kappa shape index (κ1) is 14.0. The maximum Gasteiger partial charge on any atom is 0.250 e. The van der Waals surface area contributed by atoms with Crippen molar-refractivity contribution < 1.29 is 9.22 Å². The van der Waals surface area contributed by atoms with Crippen LogP contribution >= 0.6 is 0 Å². The molecule has 0 bridgehead atoms. The lowest BCUT2D eigenvalue weighted by molar-refractivity contribution is 0.112. The fraction of sp³-hybridized carbons (Fsp3) is 0.500. The monoisotopic (exact) mass is 250 g/mol. The van der Waals surface area contributed by atoms with Crippen molar-refractivity contribution >= 4 is 14.6 Å². The van der Waals surface area contributed by atoms with Crippen LogP contribution < -0.4 is 4.43 Å². The minimum atomic E-state index is -1.82. The van der Waals surface area contributed by atoms with Gasteiger partial charge in [0.1, 0.15) is 12.0 Å². The highest BCUT2D eigenvalue weighted by atomic mass is 28.4. The Bertz CT molecular complexity index is 417. The van der Waals surface area contributed by atoms with Crippen LogP contribution in [-0.4, -0.2) is 14.6 Å². The van der Waals surface area contributed by atoms with Crippen molar-refractivity contribution in [3.8, 4) is 5.75 Å². The largest absolute Gasteiger partial charge is 0.543 e. The Labute approximate surface area is 105 Å². The summed E-state index contributed by atoms with van der Waals surface area (Å²) in [4.78, 5) is 10.8.